The smallest absolute Gasteiger partial charge is 0.246 e. The summed E-state index contributed by atoms with van der Waals surface area (Å²) in [6, 6.07) is 0. The van der Waals surface area contributed by atoms with Crippen LogP contribution in [0.25, 0.3) is 0 Å². The molecule has 0 aromatic heterocycles. The second-order valence-electron chi connectivity index (χ2n) is 15.5. The van der Waals surface area contributed by atoms with Gasteiger partial charge in [0, 0.05) is 53.7 Å². The molecule has 1 aromatic carbocycles. The number of Topliss-reactive ketones (excluding diaryl/α,β-unsaturated/α-hetero) is 2. The monoisotopic (exact) mass is 701 g/mol. The van der Waals surface area contributed by atoms with E-state index < -0.39 is 34.4 Å². The van der Waals surface area contributed by atoms with E-state index in [1.807, 2.05) is 53.7 Å². The van der Waals surface area contributed by atoms with E-state index in [0.717, 1.165) is 24.0 Å². The maximum Gasteiger partial charge on any atom is 0.246 e. The van der Waals surface area contributed by atoms with Gasteiger partial charge in [0.2, 0.25) is 5.91 Å². The van der Waals surface area contributed by atoms with Crippen LogP contribution >= 0.6 is 0 Å². The summed E-state index contributed by atoms with van der Waals surface area (Å²) in [5.74, 6) is -2.28. The predicted octanol–water partition coefficient (Wildman–Crippen LogP) is 7.34. The number of amides is 1. The van der Waals surface area contributed by atoms with Crippen LogP contribution in [0, 0.1) is 11.8 Å². The van der Waals surface area contributed by atoms with Gasteiger partial charge in [-0.1, -0.05) is 47.1 Å². The van der Waals surface area contributed by atoms with E-state index in [2.05, 4.69) is 25.2 Å². The van der Waals surface area contributed by atoms with E-state index in [-0.39, 0.29) is 59.3 Å². The van der Waals surface area contributed by atoms with Gasteiger partial charge >= 0.3 is 0 Å². The molecule has 51 heavy (non-hydrogen) atoms. The van der Waals surface area contributed by atoms with E-state index in [1.165, 1.54) is 5.57 Å². The average Bonchev–Trinajstić information content (AvgIpc) is 3.21. The molecule has 1 saturated heterocycles. The number of hydrogen-bond acceptors (Lipinski definition) is 8. The van der Waals surface area contributed by atoms with Gasteiger partial charge in [0.1, 0.15) is 22.8 Å². The molecule has 3 aliphatic carbocycles. The average molecular weight is 702 g/mol. The SMILES string of the molecule is CCOCCNC(=O)C(C)=CC[C@@]12OC(C)(C)[C@@H]3C[C@@H](C=C4C(=O)c5c(O)c(CC=C(C)CCC=C(C)C)c(O)c(CC=C(C)C)c5O[C@]431)C2=O. The molecule has 3 N–H and O–H groups in total. The number of allylic oxidation sites excluding steroid dienone is 7. The Morgan fingerprint density at radius 2 is 1.67 bits per heavy atom. The van der Waals surface area contributed by atoms with Gasteiger partial charge in [0.25, 0.3) is 0 Å². The molecule has 4 atom stereocenters. The van der Waals surface area contributed by atoms with Gasteiger partial charge < -0.3 is 29.7 Å². The normalized spacial score (nSPS) is 25.9. The van der Waals surface area contributed by atoms with Gasteiger partial charge in [-0.3, -0.25) is 14.4 Å². The lowest BCUT2D eigenvalue weighted by molar-refractivity contribution is -0.171. The molecule has 6 rings (SSSR count). The number of hydrogen-bond donors (Lipinski definition) is 3. The third-order valence-corrected chi connectivity index (χ3v) is 10.9. The van der Waals surface area contributed by atoms with Crippen molar-refractivity contribution in [1.82, 2.24) is 5.32 Å². The van der Waals surface area contributed by atoms with Crippen molar-refractivity contribution in [2.45, 2.75) is 118 Å². The highest BCUT2D eigenvalue weighted by atomic mass is 16.6. The molecule has 1 amide bonds. The fraction of sp³-hybridized carbons (Fsp3) is 0.548. The van der Waals surface area contributed by atoms with E-state index >= 15 is 0 Å². The van der Waals surface area contributed by atoms with Crippen LogP contribution in [0.3, 0.4) is 0 Å². The molecular weight excluding hydrogens is 646 g/mol. The Labute approximate surface area is 302 Å². The number of carbonyl (C=O) groups is 3. The first-order valence-electron chi connectivity index (χ1n) is 18.3. The molecule has 1 aromatic rings. The van der Waals surface area contributed by atoms with E-state index in [4.69, 9.17) is 14.2 Å². The van der Waals surface area contributed by atoms with Crippen molar-refractivity contribution in [3.63, 3.8) is 0 Å². The predicted molar refractivity (Wildman–Crippen MR) is 197 cm³/mol. The van der Waals surface area contributed by atoms with Crippen molar-refractivity contribution in [3.05, 3.63) is 74.9 Å². The zero-order chi connectivity index (χ0) is 37.5. The molecule has 276 valence electrons. The van der Waals surface area contributed by atoms with Crippen molar-refractivity contribution >= 4 is 17.5 Å². The molecule has 2 aliphatic heterocycles. The number of ketones is 2. The van der Waals surface area contributed by atoms with Gasteiger partial charge in [-0.15, -0.1) is 0 Å². The highest BCUT2D eigenvalue weighted by Gasteiger charge is 2.81. The fourth-order valence-electron chi connectivity index (χ4n) is 8.33. The zero-order valence-corrected chi connectivity index (χ0v) is 31.7. The molecule has 5 aliphatic rings. The number of nitrogens with one attached hydrogen (secondary N) is 1. The topological polar surface area (TPSA) is 131 Å². The number of benzene rings is 1. The highest BCUT2D eigenvalue weighted by molar-refractivity contribution is 6.18. The molecule has 0 unspecified atom stereocenters. The van der Waals surface area contributed by atoms with Crippen LogP contribution in [0.4, 0.5) is 0 Å². The Balaban J connectivity index is 1.63. The second-order valence-corrected chi connectivity index (χ2v) is 15.5. The van der Waals surface area contributed by atoms with Crippen molar-refractivity contribution in [1.29, 1.82) is 0 Å². The lowest BCUT2D eigenvalue weighted by Gasteiger charge is -2.56. The minimum Gasteiger partial charge on any atom is -0.507 e. The van der Waals surface area contributed by atoms with E-state index in [0.29, 0.717) is 42.9 Å². The Morgan fingerprint density at radius 1 is 0.980 bits per heavy atom. The molecule has 1 saturated carbocycles. The summed E-state index contributed by atoms with van der Waals surface area (Å²) < 4.78 is 19.2. The largest absolute Gasteiger partial charge is 0.507 e. The van der Waals surface area contributed by atoms with Gasteiger partial charge in [0.05, 0.1) is 12.2 Å². The summed E-state index contributed by atoms with van der Waals surface area (Å²) >= 11 is 0. The summed E-state index contributed by atoms with van der Waals surface area (Å²) in [5.41, 5.74) is 0.670. The Morgan fingerprint density at radius 3 is 2.33 bits per heavy atom. The minimum atomic E-state index is -1.61. The van der Waals surface area contributed by atoms with Gasteiger partial charge in [-0.2, -0.15) is 0 Å². The number of phenolic OH excluding ortho intramolecular Hbond substituents is 2. The Bertz CT molecular complexity index is 1770. The molecule has 2 heterocycles. The van der Waals surface area contributed by atoms with E-state index in [9.17, 15) is 24.6 Å². The molecule has 4 bridgehead atoms. The van der Waals surface area contributed by atoms with Crippen molar-refractivity contribution < 1.29 is 38.8 Å². The maximum atomic E-state index is 14.9. The fourth-order valence-corrected chi connectivity index (χ4v) is 8.33. The number of aromatic hydroxyl groups is 2. The standard InChI is InChI=1S/C42H55NO8/c1-10-49-21-20-43-39(48)27(7)18-19-41-38(47)28-22-31-36(46)33-35(45)29(17-15-26(6)13-11-12-24(2)3)34(44)30(16-14-25(4)5)37(33)50-42(31,41)32(23-28)40(8,9)51-41/h12,14-15,18,22,28,32,44-45H,10-11,13,16-17,19-21,23H2,1-9H3,(H,43,48)/t28-,32+,41+,42-/m1/s1. The first-order chi connectivity index (χ1) is 24.0. The van der Waals surface area contributed by atoms with Crippen LogP contribution < -0.4 is 10.1 Å². The van der Waals surface area contributed by atoms with Gasteiger partial charge in [-0.05, 0) is 94.4 Å². The summed E-state index contributed by atoms with van der Waals surface area (Å²) in [4.78, 5) is 42.3. The van der Waals surface area contributed by atoms with Crippen molar-refractivity contribution in [2.75, 3.05) is 19.8 Å². The molecule has 1 spiro atoms. The third-order valence-electron chi connectivity index (χ3n) is 10.9. The highest BCUT2D eigenvalue weighted by Crippen LogP contribution is 2.68. The first kappa shape index (κ1) is 38.3. The van der Waals surface area contributed by atoms with Gasteiger partial charge in [0.15, 0.2) is 22.8 Å². The number of phenols is 2. The van der Waals surface area contributed by atoms with Gasteiger partial charge in [-0.25, -0.2) is 0 Å². The first-order valence-corrected chi connectivity index (χ1v) is 18.3. The maximum absolute atomic E-state index is 14.9. The van der Waals surface area contributed by atoms with Crippen molar-refractivity contribution in [2.24, 2.45) is 11.8 Å². The lowest BCUT2D eigenvalue weighted by Crippen LogP contribution is -2.72. The number of carbonyl (C=O) groups excluding carboxylic acids is 3. The minimum absolute atomic E-state index is 0.000166. The number of rotatable bonds is 14. The zero-order valence-electron chi connectivity index (χ0n) is 31.7. The summed E-state index contributed by atoms with van der Waals surface area (Å²) in [5, 5.41) is 26.5. The molecule has 9 heteroatoms. The molecule has 9 nitrogen and oxygen atoms in total. The Hall–Kier alpha value is -3.95. The van der Waals surface area contributed by atoms with Crippen LogP contribution in [0.5, 0.6) is 17.2 Å². The van der Waals surface area contributed by atoms with Crippen molar-refractivity contribution in [3.8, 4) is 17.2 Å². The number of ether oxygens (including phenoxy) is 3. The summed E-state index contributed by atoms with van der Waals surface area (Å²) in [6.07, 6.45) is 12.1. The quantitative estimate of drug-likeness (QED) is 0.104. The summed E-state index contributed by atoms with van der Waals surface area (Å²) in [7, 11) is 0. The van der Waals surface area contributed by atoms with Crippen LogP contribution in [-0.2, 0) is 31.9 Å². The molecular formula is C42H55NO8. The summed E-state index contributed by atoms with van der Waals surface area (Å²) in [6.45, 7) is 18.7. The van der Waals surface area contributed by atoms with Crippen LogP contribution in [0.15, 0.2) is 58.2 Å². The van der Waals surface area contributed by atoms with E-state index in [1.54, 1.807) is 19.1 Å². The van der Waals surface area contributed by atoms with Crippen LogP contribution in [0.2, 0.25) is 0 Å². The molecule has 2 fully saturated rings. The van der Waals surface area contributed by atoms with Crippen LogP contribution in [0.1, 0.15) is 109 Å². The Kier molecular flexibility index (Phi) is 10.9. The molecule has 0 radical (unpaired) electrons. The lowest BCUT2D eigenvalue weighted by atomic mass is 9.51. The number of fused-ring (bicyclic) bond motifs is 1. The third kappa shape index (κ3) is 6.63. The van der Waals surface area contributed by atoms with Crippen LogP contribution in [-0.4, -0.2) is 64.2 Å². The second kappa shape index (κ2) is 14.6.